The number of nitrogens with one attached hydrogen (secondary N) is 1. The summed E-state index contributed by atoms with van der Waals surface area (Å²) in [4.78, 5) is 39.9. The van der Waals surface area contributed by atoms with Crippen LogP contribution in [0.2, 0.25) is 0 Å². The minimum Gasteiger partial charge on any atom is -0.450 e. The van der Waals surface area contributed by atoms with E-state index in [1.807, 2.05) is 13.8 Å². The normalized spacial score (nSPS) is 16.7. The Labute approximate surface area is 138 Å². The van der Waals surface area contributed by atoms with Crippen molar-refractivity contribution in [1.82, 2.24) is 15.1 Å². The van der Waals surface area contributed by atoms with E-state index in [-0.39, 0.29) is 23.9 Å². The summed E-state index contributed by atoms with van der Waals surface area (Å²) in [5.41, 5.74) is -1.12. The standard InChI is InChI=1S/C16H29N3O4/c1-6-12(3)17-13(20)16(4,5)14(21)18-8-10-19(11-9-18)15(22)23-7-2/h12H,6-11H2,1-5H3,(H,17,20). The van der Waals surface area contributed by atoms with E-state index in [9.17, 15) is 14.4 Å². The summed E-state index contributed by atoms with van der Waals surface area (Å²) in [5.74, 6) is -0.466. The highest BCUT2D eigenvalue weighted by Crippen LogP contribution is 2.21. The Morgan fingerprint density at radius 3 is 2.09 bits per heavy atom. The maximum Gasteiger partial charge on any atom is 0.409 e. The van der Waals surface area contributed by atoms with E-state index in [1.165, 1.54) is 0 Å². The molecule has 7 heteroatoms. The van der Waals surface area contributed by atoms with Gasteiger partial charge in [0.05, 0.1) is 6.61 Å². The third kappa shape index (κ3) is 4.84. The Morgan fingerprint density at radius 1 is 1.09 bits per heavy atom. The lowest BCUT2D eigenvalue weighted by molar-refractivity contribution is -0.150. The molecule has 0 saturated carbocycles. The molecular weight excluding hydrogens is 298 g/mol. The van der Waals surface area contributed by atoms with Crippen molar-refractivity contribution in [3.63, 3.8) is 0 Å². The van der Waals surface area contributed by atoms with Gasteiger partial charge in [0.15, 0.2) is 0 Å². The molecule has 3 amide bonds. The summed E-state index contributed by atoms with van der Waals surface area (Å²) in [6.07, 6.45) is 0.460. The number of hydrogen-bond donors (Lipinski definition) is 1. The number of amides is 3. The fraction of sp³-hybridized carbons (Fsp3) is 0.812. The Balaban J connectivity index is 2.61. The van der Waals surface area contributed by atoms with Gasteiger partial charge in [0.25, 0.3) is 0 Å². The highest BCUT2D eigenvalue weighted by Gasteiger charge is 2.40. The summed E-state index contributed by atoms with van der Waals surface area (Å²) < 4.78 is 4.96. The zero-order chi connectivity index (χ0) is 17.6. The molecule has 7 nitrogen and oxygen atoms in total. The highest BCUT2D eigenvalue weighted by molar-refractivity contribution is 6.04. The van der Waals surface area contributed by atoms with Crippen molar-refractivity contribution < 1.29 is 19.1 Å². The van der Waals surface area contributed by atoms with E-state index in [1.54, 1.807) is 30.6 Å². The maximum absolute atomic E-state index is 12.7. The number of piperazine rings is 1. The third-order valence-electron chi connectivity index (χ3n) is 4.19. The van der Waals surface area contributed by atoms with Crippen LogP contribution in [-0.2, 0) is 14.3 Å². The van der Waals surface area contributed by atoms with Crippen LogP contribution in [0, 0.1) is 5.41 Å². The van der Waals surface area contributed by atoms with Crippen molar-refractivity contribution in [3.8, 4) is 0 Å². The van der Waals surface area contributed by atoms with Gasteiger partial charge in [-0.15, -0.1) is 0 Å². The van der Waals surface area contributed by atoms with E-state index >= 15 is 0 Å². The molecule has 1 aliphatic rings. The molecule has 1 heterocycles. The maximum atomic E-state index is 12.7. The molecule has 1 fully saturated rings. The van der Waals surface area contributed by atoms with Crippen molar-refractivity contribution in [3.05, 3.63) is 0 Å². The summed E-state index contributed by atoms with van der Waals surface area (Å²) >= 11 is 0. The van der Waals surface area contributed by atoms with Gasteiger partial charge >= 0.3 is 6.09 Å². The van der Waals surface area contributed by atoms with E-state index in [2.05, 4.69) is 5.32 Å². The fourth-order valence-corrected chi connectivity index (χ4v) is 2.31. The van der Waals surface area contributed by atoms with E-state index in [0.29, 0.717) is 32.8 Å². The van der Waals surface area contributed by atoms with Crippen LogP contribution in [0.1, 0.15) is 41.0 Å². The Hall–Kier alpha value is -1.79. The number of carbonyl (C=O) groups is 3. The molecule has 0 radical (unpaired) electrons. The zero-order valence-corrected chi connectivity index (χ0v) is 14.8. The van der Waals surface area contributed by atoms with Crippen LogP contribution in [0.3, 0.4) is 0 Å². The predicted octanol–water partition coefficient (Wildman–Crippen LogP) is 1.23. The van der Waals surface area contributed by atoms with Crippen molar-refractivity contribution >= 4 is 17.9 Å². The van der Waals surface area contributed by atoms with Gasteiger partial charge in [0, 0.05) is 32.2 Å². The number of hydrogen-bond acceptors (Lipinski definition) is 4. The van der Waals surface area contributed by atoms with Crippen molar-refractivity contribution in [1.29, 1.82) is 0 Å². The minimum absolute atomic E-state index is 0.0373. The summed E-state index contributed by atoms with van der Waals surface area (Å²) in [5, 5.41) is 2.86. The summed E-state index contributed by atoms with van der Waals surface area (Å²) in [7, 11) is 0. The lowest BCUT2D eigenvalue weighted by atomic mass is 9.89. The van der Waals surface area contributed by atoms with Gasteiger partial charge < -0.3 is 19.9 Å². The fourth-order valence-electron chi connectivity index (χ4n) is 2.31. The van der Waals surface area contributed by atoms with Crippen molar-refractivity contribution in [2.75, 3.05) is 32.8 Å². The highest BCUT2D eigenvalue weighted by atomic mass is 16.6. The molecule has 0 aromatic heterocycles. The third-order valence-corrected chi connectivity index (χ3v) is 4.19. The second kappa shape index (κ2) is 8.17. The average Bonchev–Trinajstić information content (AvgIpc) is 2.54. The molecule has 0 spiro atoms. The van der Waals surface area contributed by atoms with Crippen LogP contribution in [0.4, 0.5) is 4.79 Å². The van der Waals surface area contributed by atoms with Gasteiger partial charge in [0.1, 0.15) is 5.41 Å². The predicted molar refractivity (Wildman–Crippen MR) is 86.9 cm³/mol. The molecule has 1 saturated heterocycles. The quantitative estimate of drug-likeness (QED) is 0.770. The molecular formula is C16H29N3O4. The smallest absolute Gasteiger partial charge is 0.409 e. The molecule has 0 aliphatic carbocycles. The molecule has 1 rings (SSSR count). The second-order valence-electron chi connectivity index (χ2n) is 6.39. The first-order valence-corrected chi connectivity index (χ1v) is 8.26. The number of carbonyl (C=O) groups excluding carboxylic acids is 3. The number of rotatable bonds is 5. The van der Waals surface area contributed by atoms with Crippen LogP contribution >= 0.6 is 0 Å². The van der Waals surface area contributed by atoms with E-state index < -0.39 is 5.41 Å². The zero-order valence-electron chi connectivity index (χ0n) is 14.8. The van der Waals surface area contributed by atoms with Gasteiger partial charge in [-0.05, 0) is 34.1 Å². The van der Waals surface area contributed by atoms with E-state index in [4.69, 9.17) is 4.74 Å². The van der Waals surface area contributed by atoms with Crippen LogP contribution in [0.15, 0.2) is 0 Å². The average molecular weight is 327 g/mol. The molecule has 1 atom stereocenters. The van der Waals surface area contributed by atoms with Crippen molar-refractivity contribution in [2.24, 2.45) is 5.41 Å². The minimum atomic E-state index is -1.12. The first kappa shape index (κ1) is 19.3. The van der Waals surface area contributed by atoms with Crippen LogP contribution in [0.25, 0.3) is 0 Å². The van der Waals surface area contributed by atoms with Crippen molar-refractivity contribution in [2.45, 2.75) is 47.1 Å². The molecule has 0 bridgehead atoms. The Kier molecular flexibility index (Phi) is 6.84. The Morgan fingerprint density at radius 2 is 1.61 bits per heavy atom. The number of nitrogens with zero attached hydrogens (tertiary/aromatic N) is 2. The van der Waals surface area contributed by atoms with Gasteiger partial charge in [-0.2, -0.15) is 0 Å². The first-order valence-electron chi connectivity index (χ1n) is 8.26. The topological polar surface area (TPSA) is 79.0 Å². The van der Waals surface area contributed by atoms with Crippen LogP contribution < -0.4 is 5.32 Å². The van der Waals surface area contributed by atoms with Gasteiger partial charge in [-0.1, -0.05) is 6.92 Å². The van der Waals surface area contributed by atoms with Crippen LogP contribution in [0.5, 0.6) is 0 Å². The molecule has 1 unspecified atom stereocenters. The monoisotopic (exact) mass is 327 g/mol. The van der Waals surface area contributed by atoms with Gasteiger partial charge in [0.2, 0.25) is 11.8 Å². The summed E-state index contributed by atoms with van der Waals surface area (Å²) in [6.45, 7) is 11.0. The molecule has 132 valence electrons. The van der Waals surface area contributed by atoms with Crippen LogP contribution in [-0.4, -0.2) is 66.5 Å². The van der Waals surface area contributed by atoms with Gasteiger partial charge in [-0.3, -0.25) is 9.59 Å². The van der Waals surface area contributed by atoms with E-state index in [0.717, 1.165) is 6.42 Å². The summed E-state index contributed by atoms with van der Waals surface area (Å²) in [6, 6.07) is 0.0373. The molecule has 23 heavy (non-hydrogen) atoms. The molecule has 1 aliphatic heterocycles. The molecule has 1 N–H and O–H groups in total. The second-order valence-corrected chi connectivity index (χ2v) is 6.39. The number of ether oxygens (including phenoxy) is 1. The van der Waals surface area contributed by atoms with Gasteiger partial charge in [-0.25, -0.2) is 4.79 Å². The lowest BCUT2D eigenvalue weighted by Crippen LogP contribution is -2.56. The SMILES string of the molecule is CCOC(=O)N1CCN(C(=O)C(C)(C)C(=O)NC(C)CC)CC1. The molecule has 0 aromatic carbocycles. The Bertz CT molecular complexity index is 443. The molecule has 0 aromatic rings. The lowest BCUT2D eigenvalue weighted by Gasteiger charge is -2.37. The largest absolute Gasteiger partial charge is 0.450 e. The first-order chi connectivity index (χ1) is 10.7.